The number of carbonyl (C=O) groups is 1. The van der Waals surface area contributed by atoms with Gasteiger partial charge in [0.2, 0.25) is 0 Å². The van der Waals surface area contributed by atoms with Crippen molar-refractivity contribution in [2.75, 3.05) is 37.1 Å². The van der Waals surface area contributed by atoms with E-state index in [4.69, 9.17) is 37.4 Å². The molecular formula is C42H42Cl2F4N6O4. The molecule has 0 radical (unpaired) electrons. The fourth-order valence-electron chi connectivity index (χ4n) is 7.68. The molecule has 2 aromatic heterocycles. The molecule has 0 N–H and O–H groups in total. The summed E-state index contributed by atoms with van der Waals surface area (Å²) in [6, 6.07) is 16.7. The summed E-state index contributed by atoms with van der Waals surface area (Å²) in [6.45, 7) is 6.98. The van der Waals surface area contributed by atoms with E-state index in [1.54, 1.807) is 74.0 Å². The first-order chi connectivity index (χ1) is 27.4. The highest BCUT2D eigenvalue weighted by Gasteiger charge is 2.45. The molecule has 5 aromatic rings. The second-order valence-corrected chi connectivity index (χ2v) is 16.4. The second kappa shape index (κ2) is 15.9. The lowest BCUT2D eigenvalue weighted by Gasteiger charge is -2.42. The number of fused-ring (bicyclic) bond motifs is 3. The summed E-state index contributed by atoms with van der Waals surface area (Å²) < 4.78 is 79.9. The molecule has 7 rings (SSSR count). The number of ether oxygens (including phenoxy) is 3. The van der Waals surface area contributed by atoms with E-state index in [9.17, 15) is 4.79 Å². The third-order valence-corrected chi connectivity index (χ3v) is 10.8. The molecule has 0 aliphatic carbocycles. The van der Waals surface area contributed by atoms with Crippen LogP contribution in [0, 0.1) is 11.9 Å². The van der Waals surface area contributed by atoms with Crippen molar-refractivity contribution in [3.63, 3.8) is 0 Å². The first-order valence-corrected chi connectivity index (χ1v) is 19.4. The van der Waals surface area contributed by atoms with Gasteiger partial charge in [-0.25, -0.2) is 22.9 Å². The summed E-state index contributed by atoms with van der Waals surface area (Å²) >= 11 is 13.6. The molecule has 2 saturated heterocycles. The van der Waals surface area contributed by atoms with Crippen LogP contribution in [0.2, 0.25) is 10.0 Å². The van der Waals surface area contributed by atoms with E-state index in [0.29, 0.717) is 31.3 Å². The zero-order valence-corrected chi connectivity index (χ0v) is 34.3. The second-order valence-electron chi connectivity index (χ2n) is 15.6. The van der Waals surface area contributed by atoms with Gasteiger partial charge in [-0.2, -0.15) is 14.4 Å². The smallest absolute Gasteiger partial charge is 0.410 e. The molecule has 2 unspecified atom stereocenters. The number of methoxy groups -OCH3 is 2. The summed E-state index contributed by atoms with van der Waals surface area (Å²) in [5.74, 6) is -3.31. The van der Waals surface area contributed by atoms with Gasteiger partial charge in [0.1, 0.15) is 34.3 Å². The SMILES string of the molecule is COc1ccc(CN(Cc2ccc(OC)cc2)c2cc(Cl)c(C(C)(F)F)c(-c3c(Cl)cc4c(N5CC6CCC(C5)N6C(=O)OC(C)(C)C)nc(F)nc4c3F)n2)cc1. The minimum absolute atomic E-state index is 0.0570. The number of rotatable bonds is 10. The van der Waals surface area contributed by atoms with Crippen molar-refractivity contribution in [2.24, 2.45) is 0 Å². The number of hydrogen-bond donors (Lipinski definition) is 0. The molecule has 306 valence electrons. The van der Waals surface area contributed by atoms with Crippen LogP contribution in [0.25, 0.3) is 22.2 Å². The number of nitrogens with zero attached hydrogens (tertiary/aromatic N) is 6. The van der Waals surface area contributed by atoms with Crippen molar-refractivity contribution in [2.45, 2.75) is 77.2 Å². The van der Waals surface area contributed by atoms with Gasteiger partial charge in [-0.3, -0.25) is 4.90 Å². The third kappa shape index (κ3) is 8.40. The molecule has 0 saturated carbocycles. The van der Waals surface area contributed by atoms with E-state index in [2.05, 4.69) is 15.0 Å². The number of pyridine rings is 1. The van der Waals surface area contributed by atoms with Crippen LogP contribution in [-0.2, 0) is 23.7 Å². The molecular weight excluding hydrogens is 799 g/mol. The Balaban J connectivity index is 1.32. The van der Waals surface area contributed by atoms with Gasteiger partial charge in [0.15, 0.2) is 5.82 Å². The molecule has 2 bridgehead atoms. The van der Waals surface area contributed by atoms with Crippen molar-refractivity contribution in [3.8, 4) is 22.8 Å². The summed E-state index contributed by atoms with van der Waals surface area (Å²) in [6.07, 6.45) is -0.325. The molecule has 2 aliphatic heterocycles. The predicted octanol–water partition coefficient (Wildman–Crippen LogP) is 10.2. The largest absolute Gasteiger partial charge is 0.497 e. The highest BCUT2D eigenvalue weighted by atomic mass is 35.5. The fourth-order valence-corrected chi connectivity index (χ4v) is 8.32. The molecule has 2 atom stereocenters. The Morgan fingerprint density at radius 2 is 1.38 bits per heavy atom. The number of benzene rings is 3. The number of carbonyl (C=O) groups excluding carboxylic acids is 1. The highest BCUT2D eigenvalue weighted by molar-refractivity contribution is 6.35. The molecule has 1 amide bonds. The van der Waals surface area contributed by atoms with E-state index in [1.807, 2.05) is 24.3 Å². The number of aromatic nitrogens is 3. The minimum Gasteiger partial charge on any atom is -0.497 e. The quantitative estimate of drug-likeness (QED) is 0.101. The summed E-state index contributed by atoms with van der Waals surface area (Å²) in [4.78, 5) is 30.9. The maximum absolute atomic E-state index is 17.1. The normalized spacial score (nSPS) is 16.8. The zero-order valence-electron chi connectivity index (χ0n) is 32.8. The summed E-state index contributed by atoms with van der Waals surface area (Å²) in [5.41, 5.74) is -1.35. The molecule has 58 heavy (non-hydrogen) atoms. The van der Waals surface area contributed by atoms with E-state index >= 15 is 17.6 Å². The molecule has 2 aliphatic rings. The Morgan fingerprint density at radius 1 is 0.828 bits per heavy atom. The van der Waals surface area contributed by atoms with Gasteiger partial charge in [-0.15, -0.1) is 0 Å². The number of alkyl halides is 2. The molecule has 2 fully saturated rings. The number of halogens is 6. The van der Waals surface area contributed by atoms with E-state index in [0.717, 1.165) is 11.1 Å². The van der Waals surface area contributed by atoms with Gasteiger partial charge in [0.25, 0.3) is 5.92 Å². The van der Waals surface area contributed by atoms with Crippen LogP contribution in [0.5, 0.6) is 11.5 Å². The van der Waals surface area contributed by atoms with Gasteiger partial charge in [-0.1, -0.05) is 47.5 Å². The van der Waals surface area contributed by atoms with Crippen molar-refractivity contribution < 1.29 is 36.6 Å². The van der Waals surface area contributed by atoms with Crippen LogP contribution in [-0.4, -0.2) is 70.9 Å². The van der Waals surface area contributed by atoms with Gasteiger partial charge in [0, 0.05) is 38.5 Å². The molecule has 16 heteroatoms. The average Bonchev–Trinajstić information content (AvgIpc) is 3.43. The third-order valence-electron chi connectivity index (χ3n) is 10.2. The molecule has 3 aromatic carbocycles. The van der Waals surface area contributed by atoms with Crippen LogP contribution in [0.3, 0.4) is 0 Å². The lowest BCUT2D eigenvalue weighted by molar-refractivity contribution is 0.0121. The minimum atomic E-state index is -3.62. The Labute approximate surface area is 343 Å². The topological polar surface area (TPSA) is 93.2 Å². The van der Waals surface area contributed by atoms with Crippen LogP contribution < -0.4 is 19.3 Å². The van der Waals surface area contributed by atoms with Crippen LogP contribution >= 0.6 is 23.2 Å². The van der Waals surface area contributed by atoms with Crippen LogP contribution in [0.1, 0.15) is 57.2 Å². The first-order valence-electron chi connectivity index (χ1n) is 18.7. The van der Waals surface area contributed by atoms with Crippen molar-refractivity contribution in [1.29, 1.82) is 0 Å². The van der Waals surface area contributed by atoms with Gasteiger partial charge >= 0.3 is 12.2 Å². The monoisotopic (exact) mass is 840 g/mol. The van der Waals surface area contributed by atoms with E-state index in [-0.39, 0.29) is 65.3 Å². The summed E-state index contributed by atoms with van der Waals surface area (Å²) in [5, 5.41) is -0.615. The zero-order chi connectivity index (χ0) is 41.7. The van der Waals surface area contributed by atoms with Gasteiger partial charge < -0.3 is 24.0 Å². The fraction of sp³-hybridized carbons (Fsp3) is 0.381. The lowest BCUT2D eigenvalue weighted by atomic mass is 9.99. The van der Waals surface area contributed by atoms with Crippen molar-refractivity contribution in [3.05, 3.63) is 99.3 Å². The Hall–Kier alpha value is -5.08. The average molecular weight is 842 g/mol. The van der Waals surface area contributed by atoms with Gasteiger partial charge in [-0.05, 0) is 81.1 Å². The van der Waals surface area contributed by atoms with Crippen molar-refractivity contribution >= 4 is 51.8 Å². The standard InChI is InChI=1S/C42H42Cl2F4N6O4/c1-41(2,3)58-40(55)54-25-11-12-26(54)22-53(21-25)38-29-17-30(43)33(35(45)36(29)50-39(46)51-38)37-34(42(4,47)48)31(44)18-32(49-37)52(19-23-7-13-27(56-5)14-8-23)20-24-9-15-28(57-6)16-10-24/h7-10,13-18,25-26H,11-12,19-22H2,1-6H3. The number of piperazine rings is 1. The molecule has 0 spiro atoms. The molecule has 10 nitrogen and oxygen atoms in total. The lowest BCUT2D eigenvalue weighted by Crippen LogP contribution is -2.57. The number of hydrogen-bond acceptors (Lipinski definition) is 9. The van der Waals surface area contributed by atoms with Crippen LogP contribution in [0.15, 0.2) is 60.7 Å². The van der Waals surface area contributed by atoms with E-state index < -0.39 is 51.8 Å². The molecule has 4 heterocycles. The van der Waals surface area contributed by atoms with Gasteiger partial charge in [0.05, 0.1) is 53.2 Å². The van der Waals surface area contributed by atoms with E-state index in [1.165, 1.54) is 12.1 Å². The van der Waals surface area contributed by atoms with Crippen molar-refractivity contribution in [1.82, 2.24) is 19.9 Å². The maximum Gasteiger partial charge on any atom is 0.410 e. The maximum atomic E-state index is 17.1. The Bertz CT molecular complexity index is 2280. The van der Waals surface area contributed by atoms with Crippen LogP contribution in [0.4, 0.5) is 34.0 Å². The predicted molar refractivity (Wildman–Crippen MR) is 215 cm³/mol. The Morgan fingerprint density at radius 3 is 1.88 bits per heavy atom. The Kier molecular flexibility index (Phi) is 11.3. The highest BCUT2D eigenvalue weighted by Crippen LogP contribution is 2.46. The number of anilines is 2. The first kappa shape index (κ1) is 41.1. The summed E-state index contributed by atoms with van der Waals surface area (Å²) in [7, 11) is 3.11. The number of amides is 1.